The Morgan fingerprint density at radius 3 is 2.40 bits per heavy atom. The van der Waals surface area contributed by atoms with Crippen molar-refractivity contribution in [2.45, 2.75) is 38.0 Å². The molecule has 0 radical (unpaired) electrons. The third kappa shape index (κ3) is 2.63. The van der Waals surface area contributed by atoms with Gasteiger partial charge in [-0.25, -0.2) is 9.97 Å². The molecular formula is C10H11BrCl2N2. The van der Waals surface area contributed by atoms with Gasteiger partial charge < -0.3 is 0 Å². The van der Waals surface area contributed by atoms with Gasteiger partial charge in [0.2, 0.25) is 5.28 Å². The van der Waals surface area contributed by atoms with Crippen molar-refractivity contribution in [3.63, 3.8) is 0 Å². The molecule has 15 heavy (non-hydrogen) atoms. The van der Waals surface area contributed by atoms with E-state index in [2.05, 4.69) is 25.9 Å². The molecule has 2 nitrogen and oxygen atoms in total. The molecule has 1 saturated carbocycles. The molecule has 82 valence electrons. The maximum atomic E-state index is 5.96. The van der Waals surface area contributed by atoms with Crippen LogP contribution < -0.4 is 0 Å². The summed E-state index contributed by atoms with van der Waals surface area (Å²) in [4.78, 5) is 8.18. The Bertz CT molecular complexity index is 365. The molecule has 0 spiro atoms. The number of hydrogen-bond acceptors (Lipinski definition) is 2. The first kappa shape index (κ1) is 11.6. The molecule has 1 aliphatic rings. The fourth-order valence-electron chi connectivity index (χ4n) is 2.06. The molecule has 0 N–H and O–H groups in total. The van der Waals surface area contributed by atoms with Gasteiger partial charge in [0.1, 0.15) is 5.15 Å². The zero-order chi connectivity index (χ0) is 10.8. The van der Waals surface area contributed by atoms with E-state index in [4.69, 9.17) is 23.2 Å². The van der Waals surface area contributed by atoms with Gasteiger partial charge in [0, 0.05) is 5.92 Å². The summed E-state index contributed by atoms with van der Waals surface area (Å²) in [5.41, 5.74) is 0.972. The number of nitrogens with zero attached hydrogens (tertiary/aromatic N) is 2. The quantitative estimate of drug-likeness (QED) is 0.560. The predicted molar refractivity (Wildman–Crippen MR) is 65.6 cm³/mol. The zero-order valence-electron chi connectivity index (χ0n) is 8.14. The summed E-state index contributed by atoms with van der Waals surface area (Å²) < 4.78 is 0.806. The average Bonchev–Trinajstić information content (AvgIpc) is 2.24. The Labute approximate surface area is 108 Å². The average molecular weight is 310 g/mol. The summed E-state index contributed by atoms with van der Waals surface area (Å²) in [7, 11) is 0. The molecule has 1 heterocycles. The maximum Gasteiger partial charge on any atom is 0.224 e. The first-order valence-corrected chi connectivity index (χ1v) is 6.62. The third-order valence-electron chi connectivity index (χ3n) is 2.80. The van der Waals surface area contributed by atoms with Crippen LogP contribution in [-0.2, 0) is 0 Å². The highest BCUT2D eigenvalue weighted by molar-refractivity contribution is 9.10. The Morgan fingerprint density at radius 1 is 1.07 bits per heavy atom. The molecule has 1 aliphatic carbocycles. The van der Waals surface area contributed by atoms with Gasteiger partial charge in [-0.15, -0.1) is 0 Å². The highest BCUT2D eigenvalue weighted by Crippen LogP contribution is 2.37. The molecule has 1 fully saturated rings. The first-order valence-electron chi connectivity index (χ1n) is 5.07. The fraction of sp³-hybridized carbons (Fsp3) is 0.600. The summed E-state index contributed by atoms with van der Waals surface area (Å²) in [5.74, 6) is 0.478. The summed E-state index contributed by atoms with van der Waals surface area (Å²) in [6, 6.07) is 0. The van der Waals surface area contributed by atoms with Crippen molar-refractivity contribution in [3.05, 3.63) is 20.6 Å². The van der Waals surface area contributed by atoms with E-state index in [1.807, 2.05) is 0 Å². The lowest BCUT2D eigenvalue weighted by Gasteiger charge is -2.22. The molecule has 5 heteroatoms. The van der Waals surface area contributed by atoms with E-state index < -0.39 is 0 Å². The lowest BCUT2D eigenvalue weighted by Crippen LogP contribution is -2.08. The van der Waals surface area contributed by atoms with Gasteiger partial charge in [-0.2, -0.15) is 0 Å². The number of aromatic nitrogens is 2. The lowest BCUT2D eigenvalue weighted by molar-refractivity contribution is 0.435. The molecule has 0 amide bonds. The Kier molecular flexibility index (Phi) is 3.86. The molecule has 0 atom stereocenters. The molecular weight excluding hydrogens is 299 g/mol. The van der Waals surface area contributed by atoms with Crippen LogP contribution in [-0.4, -0.2) is 9.97 Å². The highest BCUT2D eigenvalue weighted by Gasteiger charge is 2.21. The number of halogens is 3. The van der Waals surface area contributed by atoms with Gasteiger partial charge in [-0.3, -0.25) is 0 Å². The molecule has 1 aromatic heterocycles. The minimum Gasteiger partial charge on any atom is -0.221 e. The van der Waals surface area contributed by atoms with Crippen LogP contribution >= 0.6 is 39.1 Å². The first-order chi connectivity index (χ1) is 7.18. The second-order valence-electron chi connectivity index (χ2n) is 3.82. The minimum absolute atomic E-state index is 0.240. The van der Waals surface area contributed by atoms with Gasteiger partial charge >= 0.3 is 0 Å². The van der Waals surface area contributed by atoms with Crippen molar-refractivity contribution in [2.24, 2.45) is 0 Å². The normalized spacial score (nSPS) is 18.1. The van der Waals surface area contributed by atoms with Gasteiger partial charge in [-0.05, 0) is 40.4 Å². The van der Waals surface area contributed by atoms with E-state index in [1.165, 1.54) is 32.1 Å². The van der Waals surface area contributed by atoms with Crippen LogP contribution in [0.5, 0.6) is 0 Å². The minimum atomic E-state index is 0.240. The molecule has 0 saturated heterocycles. The SMILES string of the molecule is Clc1nc(Cl)c(Br)c(C2CCCCC2)n1. The van der Waals surface area contributed by atoms with Crippen molar-refractivity contribution in [1.29, 1.82) is 0 Å². The topological polar surface area (TPSA) is 25.8 Å². The van der Waals surface area contributed by atoms with Gasteiger partial charge in [0.05, 0.1) is 10.2 Å². The van der Waals surface area contributed by atoms with E-state index in [0.29, 0.717) is 11.1 Å². The number of rotatable bonds is 1. The molecule has 0 bridgehead atoms. The fourth-order valence-corrected chi connectivity index (χ4v) is 2.95. The summed E-state index contributed by atoms with van der Waals surface area (Å²) in [6.45, 7) is 0. The van der Waals surface area contributed by atoms with Crippen LogP contribution in [0.3, 0.4) is 0 Å². The maximum absolute atomic E-state index is 5.96. The van der Waals surface area contributed by atoms with E-state index >= 15 is 0 Å². The molecule has 0 aliphatic heterocycles. The van der Waals surface area contributed by atoms with Crippen molar-refractivity contribution >= 4 is 39.1 Å². The highest BCUT2D eigenvalue weighted by atomic mass is 79.9. The van der Waals surface area contributed by atoms with E-state index in [1.54, 1.807) is 0 Å². The van der Waals surface area contributed by atoms with Crippen LogP contribution in [0.25, 0.3) is 0 Å². The van der Waals surface area contributed by atoms with Gasteiger partial charge in [0.15, 0.2) is 0 Å². The third-order valence-corrected chi connectivity index (χ3v) is 4.25. The van der Waals surface area contributed by atoms with Crippen molar-refractivity contribution < 1.29 is 0 Å². The Balaban J connectivity index is 2.33. The predicted octanol–water partition coefficient (Wildman–Crippen LogP) is 4.59. The molecule has 1 aromatic rings. The van der Waals surface area contributed by atoms with E-state index in [9.17, 15) is 0 Å². The van der Waals surface area contributed by atoms with E-state index in [-0.39, 0.29) is 5.28 Å². The van der Waals surface area contributed by atoms with Crippen LogP contribution in [0.4, 0.5) is 0 Å². The van der Waals surface area contributed by atoms with Gasteiger partial charge in [-0.1, -0.05) is 30.9 Å². The number of hydrogen-bond donors (Lipinski definition) is 0. The van der Waals surface area contributed by atoms with E-state index in [0.717, 1.165) is 10.2 Å². The van der Waals surface area contributed by atoms with Crippen LogP contribution in [0.1, 0.15) is 43.7 Å². The van der Waals surface area contributed by atoms with Crippen LogP contribution in [0.2, 0.25) is 10.4 Å². The second-order valence-corrected chi connectivity index (χ2v) is 5.31. The lowest BCUT2D eigenvalue weighted by atomic mass is 9.87. The second kappa shape index (κ2) is 4.98. The summed E-state index contributed by atoms with van der Waals surface area (Å²) in [6.07, 6.45) is 6.18. The molecule has 0 unspecified atom stereocenters. The Morgan fingerprint density at radius 2 is 1.73 bits per heavy atom. The molecule has 2 rings (SSSR count). The van der Waals surface area contributed by atoms with Crippen molar-refractivity contribution in [2.75, 3.05) is 0 Å². The van der Waals surface area contributed by atoms with Crippen molar-refractivity contribution in [3.8, 4) is 0 Å². The molecule has 0 aromatic carbocycles. The smallest absolute Gasteiger partial charge is 0.221 e. The van der Waals surface area contributed by atoms with Crippen LogP contribution in [0.15, 0.2) is 4.47 Å². The van der Waals surface area contributed by atoms with Gasteiger partial charge in [0.25, 0.3) is 0 Å². The van der Waals surface area contributed by atoms with Crippen molar-refractivity contribution in [1.82, 2.24) is 9.97 Å². The zero-order valence-corrected chi connectivity index (χ0v) is 11.2. The van der Waals surface area contributed by atoms with Crippen LogP contribution in [0, 0.1) is 0 Å². The summed E-state index contributed by atoms with van der Waals surface area (Å²) >= 11 is 15.2. The largest absolute Gasteiger partial charge is 0.224 e. The Hall–Kier alpha value is 0.140. The summed E-state index contributed by atoms with van der Waals surface area (Å²) in [5, 5.41) is 0.652. The standard InChI is InChI=1S/C10H11BrCl2N2/c11-7-8(6-4-2-1-3-5-6)14-10(13)15-9(7)12/h6H,1-5H2. The monoisotopic (exact) mass is 308 g/mol.